The van der Waals surface area contributed by atoms with Crippen LogP contribution >= 0.6 is 0 Å². The predicted molar refractivity (Wildman–Crippen MR) is 95.5 cm³/mol. The molecule has 0 unspecified atom stereocenters. The van der Waals surface area contributed by atoms with Crippen molar-refractivity contribution in [3.05, 3.63) is 23.9 Å². The summed E-state index contributed by atoms with van der Waals surface area (Å²) in [5.74, 6) is 1.45. The van der Waals surface area contributed by atoms with Gasteiger partial charge in [0.2, 0.25) is 5.88 Å². The first-order chi connectivity index (χ1) is 11.8. The average molecular weight is 335 g/mol. The summed E-state index contributed by atoms with van der Waals surface area (Å²) in [6.45, 7) is 9.20. The van der Waals surface area contributed by atoms with Gasteiger partial charge in [-0.1, -0.05) is 6.07 Å². The number of hydrogen-bond donors (Lipinski definition) is 2. The summed E-state index contributed by atoms with van der Waals surface area (Å²) in [7, 11) is 1.63. The quantitative estimate of drug-likeness (QED) is 0.417. The number of pyridine rings is 1. The van der Waals surface area contributed by atoms with Gasteiger partial charge in [-0.3, -0.25) is 4.90 Å². The van der Waals surface area contributed by atoms with Crippen molar-refractivity contribution in [2.45, 2.75) is 19.9 Å². The lowest BCUT2D eigenvalue weighted by atomic mass is 10.3. The highest BCUT2D eigenvalue weighted by molar-refractivity contribution is 5.79. The zero-order chi connectivity index (χ0) is 17.0. The van der Waals surface area contributed by atoms with Gasteiger partial charge < -0.3 is 20.1 Å². The number of morpholine rings is 1. The lowest BCUT2D eigenvalue weighted by molar-refractivity contribution is 0.0376. The number of nitrogens with one attached hydrogen (secondary N) is 2. The molecule has 1 aromatic heterocycles. The summed E-state index contributed by atoms with van der Waals surface area (Å²) in [4.78, 5) is 11.3. The number of methoxy groups -OCH3 is 1. The Morgan fingerprint density at radius 1 is 1.38 bits per heavy atom. The van der Waals surface area contributed by atoms with E-state index in [1.807, 2.05) is 12.1 Å². The van der Waals surface area contributed by atoms with Gasteiger partial charge in [-0.05, 0) is 26.0 Å². The lowest BCUT2D eigenvalue weighted by Crippen LogP contribution is -2.40. The Balaban J connectivity index is 1.77. The van der Waals surface area contributed by atoms with Crippen molar-refractivity contribution >= 4 is 5.96 Å². The average Bonchev–Trinajstić information content (AvgIpc) is 2.64. The molecule has 0 atom stereocenters. The fraction of sp³-hybridized carbons (Fsp3) is 0.647. The minimum atomic E-state index is 0.538. The standard InChI is InChI=1S/C17H29N5O2/c1-3-18-17(20-8-5-9-22-10-12-24-13-11-22)21-14-15-6-4-7-19-16(15)23-2/h4,6-7H,3,5,8-14H2,1-2H3,(H2,18,20,21). The van der Waals surface area contributed by atoms with E-state index in [2.05, 4.69) is 32.4 Å². The van der Waals surface area contributed by atoms with Crippen LogP contribution in [0.5, 0.6) is 5.88 Å². The van der Waals surface area contributed by atoms with Gasteiger partial charge >= 0.3 is 0 Å². The maximum atomic E-state index is 5.37. The number of aliphatic imine (C=N–C) groups is 1. The Bertz CT molecular complexity index is 504. The van der Waals surface area contributed by atoms with E-state index in [4.69, 9.17) is 9.47 Å². The number of nitrogens with zero attached hydrogens (tertiary/aromatic N) is 3. The van der Waals surface area contributed by atoms with Crippen LogP contribution < -0.4 is 15.4 Å². The summed E-state index contributed by atoms with van der Waals surface area (Å²) < 4.78 is 10.6. The third-order valence-corrected chi connectivity index (χ3v) is 3.84. The van der Waals surface area contributed by atoms with Gasteiger partial charge in [-0.25, -0.2) is 9.98 Å². The normalized spacial score (nSPS) is 16.0. The molecule has 0 aliphatic carbocycles. The topological polar surface area (TPSA) is 71.0 Å². The first-order valence-corrected chi connectivity index (χ1v) is 8.63. The van der Waals surface area contributed by atoms with E-state index < -0.39 is 0 Å². The molecule has 134 valence electrons. The SMILES string of the molecule is CCNC(=NCc1cccnc1OC)NCCCN1CCOCC1. The van der Waals surface area contributed by atoms with Crippen molar-refractivity contribution in [1.82, 2.24) is 20.5 Å². The highest BCUT2D eigenvalue weighted by Crippen LogP contribution is 2.14. The molecule has 2 rings (SSSR count). The first-order valence-electron chi connectivity index (χ1n) is 8.63. The summed E-state index contributed by atoms with van der Waals surface area (Å²) in [5.41, 5.74) is 0.977. The summed E-state index contributed by atoms with van der Waals surface area (Å²) >= 11 is 0. The van der Waals surface area contributed by atoms with Crippen molar-refractivity contribution in [3.63, 3.8) is 0 Å². The van der Waals surface area contributed by atoms with E-state index in [0.717, 1.165) is 63.9 Å². The van der Waals surface area contributed by atoms with Crippen LogP contribution in [0.15, 0.2) is 23.3 Å². The molecule has 0 amide bonds. The highest BCUT2D eigenvalue weighted by Gasteiger charge is 2.09. The minimum Gasteiger partial charge on any atom is -0.481 e. The van der Waals surface area contributed by atoms with E-state index in [1.165, 1.54) is 0 Å². The van der Waals surface area contributed by atoms with Gasteiger partial charge in [0.05, 0.1) is 26.9 Å². The van der Waals surface area contributed by atoms with Crippen LogP contribution in [0.3, 0.4) is 0 Å². The second kappa shape index (κ2) is 10.8. The van der Waals surface area contributed by atoms with Gasteiger partial charge in [0.25, 0.3) is 0 Å². The van der Waals surface area contributed by atoms with Crippen molar-refractivity contribution in [1.29, 1.82) is 0 Å². The van der Waals surface area contributed by atoms with Crippen LogP contribution in [0.4, 0.5) is 0 Å². The van der Waals surface area contributed by atoms with Crippen molar-refractivity contribution < 1.29 is 9.47 Å². The largest absolute Gasteiger partial charge is 0.481 e. The summed E-state index contributed by atoms with van der Waals surface area (Å²) in [6.07, 6.45) is 2.81. The van der Waals surface area contributed by atoms with E-state index >= 15 is 0 Å². The third kappa shape index (κ3) is 6.33. The summed E-state index contributed by atoms with van der Waals surface area (Å²) in [6, 6.07) is 3.88. The third-order valence-electron chi connectivity index (χ3n) is 3.84. The number of rotatable bonds is 8. The van der Waals surface area contributed by atoms with Gasteiger partial charge in [-0.2, -0.15) is 0 Å². The van der Waals surface area contributed by atoms with Crippen LogP contribution in [-0.2, 0) is 11.3 Å². The van der Waals surface area contributed by atoms with E-state index in [1.54, 1.807) is 13.3 Å². The Hall–Kier alpha value is -1.86. The maximum absolute atomic E-state index is 5.37. The van der Waals surface area contributed by atoms with Crippen LogP contribution in [0.25, 0.3) is 0 Å². The molecule has 2 heterocycles. The molecule has 1 aromatic rings. The van der Waals surface area contributed by atoms with Crippen molar-refractivity contribution in [2.75, 3.05) is 53.0 Å². The maximum Gasteiger partial charge on any atom is 0.218 e. The minimum absolute atomic E-state index is 0.538. The fourth-order valence-electron chi connectivity index (χ4n) is 2.57. The molecule has 0 aromatic carbocycles. The highest BCUT2D eigenvalue weighted by atomic mass is 16.5. The van der Waals surface area contributed by atoms with E-state index in [-0.39, 0.29) is 0 Å². The Kier molecular flexibility index (Phi) is 8.34. The van der Waals surface area contributed by atoms with Gasteiger partial charge in [-0.15, -0.1) is 0 Å². The van der Waals surface area contributed by atoms with E-state index in [0.29, 0.717) is 12.4 Å². The molecule has 1 saturated heterocycles. The molecule has 2 N–H and O–H groups in total. The number of ether oxygens (including phenoxy) is 2. The van der Waals surface area contributed by atoms with E-state index in [9.17, 15) is 0 Å². The molecule has 0 spiro atoms. The molecular formula is C17H29N5O2. The molecular weight excluding hydrogens is 306 g/mol. The smallest absolute Gasteiger partial charge is 0.218 e. The number of hydrogen-bond acceptors (Lipinski definition) is 5. The Morgan fingerprint density at radius 2 is 2.21 bits per heavy atom. The Labute approximate surface area is 144 Å². The lowest BCUT2D eigenvalue weighted by Gasteiger charge is -2.26. The van der Waals surface area contributed by atoms with Crippen molar-refractivity contribution in [2.24, 2.45) is 4.99 Å². The molecule has 7 heteroatoms. The van der Waals surface area contributed by atoms with Crippen LogP contribution in [0, 0.1) is 0 Å². The molecule has 0 bridgehead atoms. The molecule has 24 heavy (non-hydrogen) atoms. The van der Waals surface area contributed by atoms with Crippen LogP contribution in [0.1, 0.15) is 18.9 Å². The second-order valence-corrected chi connectivity index (χ2v) is 5.60. The molecule has 1 aliphatic heterocycles. The molecule has 0 saturated carbocycles. The van der Waals surface area contributed by atoms with Crippen LogP contribution in [0.2, 0.25) is 0 Å². The predicted octanol–water partition coefficient (Wildman–Crippen LogP) is 0.868. The monoisotopic (exact) mass is 335 g/mol. The van der Waals surface area contributed by atoms with Gasteiger partial charge in [0.15, 0.2) is 5.96 Å². The van der Waals surface area contributed by atoms with Gasteiger partial charge in [0, 0.05) is 37.9 Å². The van der Waals surface area contributed by atoms with Crippen molar-refractivity contribution in [3.8, 4) is 5.88 Å². The first kappa shape index (κ1) is 18.5. The number of aromatic nitrogens is 1. The van der Waals surface area contributed by atoms with Crippen LogP contribution in [-0.4, -0.2) is 68.9 Å². The second-order valence-electron chi connectivity index (χ2n) is 5.60. The zero-order valence-electron chi connectivity index (χ0n) is 14.8. The molecule has 1 fully saturated rings. The zero-order valence-corrected chi connectivity index (χ0v) is 14.8. The molecule has 1 aliphatic rings. The number of guanidine groups is 1. The fourth-order valence-corrected chi connectivity index (χ4v) is 2.57. The summed E-state index contributed by atoms with van der Waals surface area (Å²) in [5, 5.41) is 6.66. The van der Waals surface area contributed by atoms with Gasteiger partial charge in [0.1, 0.15) is 0 Å². The molecule has 0 radical (unpaired) electrons. The molecule has 7 nitrogen and oxygen atoms in total. The Morgan fingerprint density at radius 3 is 2.96 bits per heavy atom.